The largest absolute Gasteiger partial charge is 0.293 e. The fourth-order valence-electron chi connectivity index (χ4n) is 2.22. The molecule has 0 fully saturated rings. The summed E-state index contributed by atoms with van der Waals surface area (Å²) in [7, 11) is 0. The highest BCUT2D eigenvalue weighted by Gasteiger charge is 2.23. The number of thioether (sulfide) groups is 1. The van der Waals surface area contributed by atoms with Gasteiger partial charge in [-0.3, -0.25) is 9.36 Å². The summed E-state index contributed by atoms with van der Waals surface area (Å²) in [6.07, 6.45) is 1.49. The highest BCUT2D eigenvalue weighted by molar-refractivity contribution is 8.00. The molecule has 0 unspecified atom stereocenters. The van der Waals surface area contributed by atoms with Crippen LogP contribution in [0.4, 0.5) is 8.78 Å². The minimum absolute atomic E-state index is 0.283. The number of nitrogens with zero attached hydrogens (tertiary/aromatic N) is 3. The van der Waals surface area contributed by atoms with Crippen LogP contribution in [-0.4, -0.2) is 25.8 Å². The number of carbonyl (C=O) groups excluding carboxylic acids is 1. The molecule has 0 bridgehead atoms. The summed E-state index contributed by atoms with van der Waals surface area (Å²) >= 11 is 7.09. The predicted octanol–water partition coefficient (Wildman–Crippen LogP) is 4.56. The number of carbonyl (C=O) groups is 1. The summed E-state index contributed by atoms with van der Waals surface area (Å²) < 4.78 is 28.8. The molecule has 0 radical (unpaired) electrons. The molecule has 3 rings (SSSR count). The number of benzene rings is 2. The lowest BCUT2D eigenvalue weighted by Gasteiger charge is -2.12. The van der Waals surface area contributed by atoms with E-state index < -0.39 is 22.7 Å². The molecule has 0 spiro atoms. The molecule has 0 aliphatic rings. The van der Waals surface area contributed by atoms with Gasteiger partial charge in [-0.1, -0.05) is 29.4 Å². The molecule has 4 nitrogen and oxygen atoms in total. The lowest BCUT2D eigenvalue weighted by molar-refractivity contribution is 0.0989. The smallest absolute Gasteiger partial charge is 0.196 e. The second-order valence-electron chi connectivity index (χ2n) is 5.21. The predicted molar refractivity (Wildman–Crippen MR) is 92.4 cm³/mol. The molecule has 0 saturated carbocycles. The Morgan fingerprint density at radius 2 is 2.04 bits per heavy atom. The van der Waals surface area contributed by atoms with Crippen LogP contribution in [0.1, 0.15) is 17.3 Å². The number of Topliss-reactive ketones (excluding diaryl/α,β-unsaturated/α-hetero) is 1. The van der Waals surface area contributed by atoms with Crippen molar-refractivity contribution in [3.8, 4) is 5.69 Å². The molecule has 1 atom stereocenters. The third-order valence-corrected chi connectivity index (χ3v) is 4.74. The molecule has 0 aliphatic heterocycles. The van der Waals surface area contributed by atoms with Gasteiger partial charge in [0.2, 0.25) is 0 Å². The van der Waals surface area contributed by atoms with Crippen LogP contribution in [0.15, 0.2) is 53.9 Å². The summed E-state index contributed by atoms with van der Waals surface area (Å²) in [5.41, 5.74) is 0.449. The van der Waals surface area contributed by atoms with Gasteiger partial charge in [0.25, 0.3) is 0 Å². The highest BCUT2D eigenvalue weighted by Crippen LogP contribution is 2.27. The Balaban J connectivity index is 1.85. The molecule has 1 aromatic heterocycles. The Kier molecular flexibility index (Phi) is 5.15. The molecule has 0 amide bonds. The van der Waals surface area contributed by atoms with Gasteiger partial charge in [0.05, 0.1) is 16.5 Å². The lowest BCUT2D eigenvalue weighted by Crippen LogP contribution is -2.16. The van der Waals surface area contributed by atoms with Crippen LogP contribution in [0.3, 0.4) is 0 Å². The van der Waals surface area contributed by atoms with Gasteiger partial charge in [-0.2, -0.15) is 0 Å². The van der Waals surface area contributed by atoms with Gasteiger partial charge in [0.15, 0.2) is 10.9 Å². The van der Waals surface area contributed by atoms with Gasteiger partial charge in [0.1, 0.15) is 18.0 Å². The Morgan fingerprint density at radius 3 is 2.80 bits per heavy atom. The molecule has 8 heteroatoms. The Hall–Kier alpha value is -2.25. The van der Waals surface area contributed by atoms with E-state index in [1.807, 2.05) is 6.07 Å². The number of halogens is 3. The zero-order chi connectivity index (χ0) is 18.0. The Morgan fingerprint density at radius 1 is 1.24 bits per heavy atom. The van der Waals surface area contributed by atoms with Crippen molar-refractivity contribution in [2.45, 2.75) is 17.3 Å². The molecule has 1 heterocycles. The standard InChI is InChI=1S/C17H12ClF2N3OS/c1-10(16(24)14-8-12(19)5-6-15(14)20)25-17-22-21-9-23(17)13-4-2-3-11(18)7-13/h2-10H,1H3/t10-/m1/s1. The fourth-order valence-corrected chi connectivity index (χ4v) is 3.32. The van der Waals surface area contributed by atoms with Crippen molar-refractivity contribution in [2.75, 3.05) is 0 Å². The first-order valence-electron chi connectivity index (χ1n) is 7.27. The molecule has 128 valence electrons. The van der Waals surface area contributed by atoms with Crippen LogP contribution in [0, 0.1) is 11.6 Å². The van der Waals surface area contributed by atoms with E-state index in [1.165, 1.54) is 6.33 Å². The molecular formula is C17H12ClF2N3OS. The molecule has 0 saturated heterocycles. The van der Waals surface area contributed by atoms with Gasteiger partial charge in [-0.15, -0.1) is 10.2 Å². The summed E-state index contributed by atoms with van der Waals surface area (Å²) in [5.74, 6) is -1.94. The Bertz CT molecular complexity index is 932. The number of hydrogen-bond donors (Lipinski definition) is 0. The van der Waals surface area contributed by atoms with E-state index in [-0.39, 0.29) is 5.56 Å². The number of ketones is 1. The third-order valence-electron chi connectivity index (χ3n) is 3.45. The van der Waals surface area contributed by atoms with Crippen molar-refractivity contribution >= 4 is 29.1 Å². The van der Waals surface area contributed by atoms with Crippen LogP contribution in [0.2, 0.25) is 5.02 Å². The molecular weight excluding hydrogens is 368 g/mol. The topological polar surface area (TPSA) is 47.8 Å². The van der Waals surface area contributed by atoms with Crippen LogP contribution in [0.25, 0.3) is 5.69 Å². The average molecular weight is 380 g/mol. The van der Waals surface area contributed by atoms with Crippen LogP contribution >= 0.6 is 23.4 Å². The van der Waals surface area contributed by atoms with Crippen molar-refractivity contribution in [1.82, 2.24) is 14.8 Å². The van der Waals surface area contributed by atoms with E-state index in [1.54, 1.807) is 29.7 Å². The maximum atomic E-state index is 13.8. The number of hydrogen-bond acceptors (Lipinski definition) is 4. The third kappa shape index (κ3) is 3.88. The van der Waals surface area contributed by atoms with E-state index in [2.05, 4.69) is 10.2 Å². The van der Waals surface area contributed by atoms with Gasteiger partial charge in [0, 0.05) is 5.02 Å². The zero-order valence-corrected chi connectivity index (χ0v) is 14.6. The van der Waals surface area contributed by atoms with Gasteiger partial charge >= 0.3 is 0 Å². The van der Waals surface area contributed by atoms with Gasteiger partial charge < -0.3 is 0 Å². The van der Waals surface area contributed by atoms with Crippen molar-refractivity contribution in [1.29, 1.82) is 0 Å². The van der Waals surface area contributed by atoms with Crippen LogP contribution < -0.4 is 0 Å². The summed E-state index contributed by atoms with van der Waals surface area (Å²) in [5, 5.41) is 8.15. The van der Waals surface area contributed by atoms with Crippen molar-refractivity contribution in [2.24, 2.45) is 0 Å². The van der Waals surface area contributed by atoms with Crippen LogP contribution in [0.5, 0.6) is 0 Å². The van der Waals surface area contributed by atoms with Crippen molar-refractivity contribution in [3.05, 3.63) is 71.0 Å². The lowest BCUT2D eigenvalue weighted by atomic mass is 10.1. The highest BCUT2D eigenvalue weighted by atomic mass is 35.5. The van der Waals surface area contributed by atoms with Gasteiger partial charge in [-0.25, -0.2) is 8.78 Å². The Labute approximate surface area is 151 Å². The second-order valence-corrected chi connectivity index (χ2v) is 6.96. The molecule has 25 heavy (non-hydrogen) atoms. The second kappa shape index (κ2) is 7.33. The van der Waals surface area contributed by atoms with E-state index in [0.29, 0.717) is 10.2 Å². The SMILES string of the molecule is C[C@@H](Sc1nncn1-c1cccc(Cl)c1)C(=O)c1cc(F)ccc1F. The van der Waals surface area contributed by atoms with E-state index in [0.717, 1.165) is 35.6 Å². The molecule has 3 aromatic rings. The van der Waals surface area contributed by atoms with E-state index in [4.69, 9.17) is 11.6 Å². The monoisotopic (exact) mass is 379 g/mol. The average Bonchev–Trinajstić information content (AvgIpc) is 3.04. The minimum atomic E-state index is -0.754. The number of rotatable bonds is 5. The minimum Gasteiger partial charge on any atom is -0.293 e. The summed E-state index contributed by atoms with van der Waals surface area (Å²) in [6.45, 7) is 1.61. The van der Waals surface area contributed by atoms with E-state index >= 15 is 0 Å². The zero-order valence-electron chi connectivity index (χ0n) is 13.0. The maximum Gasteiger partial charge on any atom is 0.196 e. The first kappa shape index (κ1) is 17.6. The van der Waals surface area contributed by atoms with Crippen LogP contribution in [-0.2, 0) is 0 Å². The quantitative estimate of drug-likeness (QED) is 0.481. The summed E-state index contributed by atoms with van der Waals surface area (Å²) in [4.78, 5) is 12.4. The van der Waals surface area contributed by atoms with E-state index in [9.17, 15) is 13.6 Å². The molecule has 0 N–H and O–H groups in total. The van der Waals surface area contributed by atoms with Crippen molar-refractivity contribution in [3.63, 3.8) is 0 Å². The number of aromatic nitrogens is 3. The molecule has 0 aliphatic carbocycles. The van der Waals surface area contributed by atoms with Crippen molar-refractivity contribution < 1.29 is 13.6 Å². The first-order valence-corrected chi connectivity index (χ1v) is 8.53. The molecule has 2 aromatic carbocycles. The summed E-state index contributed by atoms with van der Waals surface area (Å²) in [6, 6.07) is 9.88. The maximum absolute atomic E-state index is 13.8. The normalized spacial score (nSPS) is 12.2. The van der Waals surface area contributed by atoms with Gasteiger partial charge in [-0.05, 0) is 43.3 Å². The fraction of sp³-hybridized carbons (Fsp3) is 0.118. The first-order chi connectivity index (χ1) is 12.0.